The first kappa shape index (κ1) is 18.9. The van der Waals surface area contributed by atoms with Crippen molar-refractivity contribution in [2.45, 2.75) is 30.8 Å². The van der Waals surface area contributed by atoms with Crippen LogP contribution in [0.4, 0.5) is 18.9 Å². The van der Waals surface area contributed by atoms with E-state index in [1.165, 1.54) is 17.3 Å². The summed E-state index contributed by atoms with van der Waals surface area (Å²) >= 11 is 1.67. The van der Waals surface area contributed by atoms with Crippen LogP contribution in [0.1, 0.15) is 23.1 Å². The highest BCUT2D eigenvalue weighted by Crippen LogP contribution is 2.39. The molecule has 3 aromatic rings. The number of pyridine rings is 1. The number of aryl methyl sites for hydroxylation is 2. The summed E-state index contributed by atoms with van der Waals surface area (Å²) < 4.78 is 41.4. The van der Waals surface area contributed by atoms with Gasteiger partial charge in [-0.25, -0.2) is 0 Å². The largest absolute Gasteiger partial charge is 0.417 e. The summed E-state index contributed by atoms with van der Waals surface area (Å²) in [6.07, 6.45) is -0.0263. The van der Waals surface area contributed by atoms with Gasteiger partial charge in [-0.05, 0) is 72.7 Å². The van der Waals surface area contributed by atoms with Crippen molar-refractivity contribution in [2.75, 3.05) is 10.8 Å². The molecule has 0 fully saturated rings. The maximum atomic E-state index is 13.0. The molecule has 1 aromatic heterocycles. The molecule has 0 unspecified atom stereocenters. The Labute approximate surface area is 166 Å². The van der Waals surface area contributed by atoms with Crippen LogP contribution >= 0.6 is 11.9 Å². The Balaban J connectivity index is 1.68. The SMILES string of the molecule is Cc1cccc(SN2CCCc3ccc(-c4cncc(C(F)(F)F)c4)cc32)c1. The summed E-state index contributed by atoms with van der Waals surface area (Å²) in [5.74, 6) is 0. The lowest BCUT2D eigenvalue weighted by Crippen LogP contribution is -2.22. The predicted molar refractivity (Wildman–Crippen MR) is 107 cm³/mol. The molecule has 0 bridgehead atoms. The zero-order chi connectivity index (χ0) is 19.7. The third-order valence-electron chi connectivity index (χ3n) is 4.77. The van der Waals surface area contributed by atoms with Crippen molar-refractivity contribution in [3.63, 3.8) is 0 Å². The molecule has 0 atom stereocenters. The van der Waals surface area contributed by atoms with Crippen LogP contribution in [-0.4, -0.2) is 11.5 Å². The molecular weight excluding hydrogens is 381 g/mol. The highest BCUT2D eigenvalue weighted by Gasteiger charge is 2.31. The van der Waals surface area contributed by atoms with E-state index in [2.05, 4.69) is 34.4 Å². The molecule has 28 heavy (non-hydrogen) atoms. The van der Waals surface area contributed by atoms with Crippen molar-refractivity contribution in [1.29, 1.82) is 0 Å². The van der Waals surface area contributed by atoms with Gasteiger partial charge in [0.1, 0.15) is 0 Å². The number of fused-ring (bicyclic) bond motifs is 1. The van der Waals surface area contributed by atoms with Gasteiger partial charge in [-0.2, -0.15) is 13.2 Å². The molecule has 0 spiro atoms. The summed E-state index contributed by atoms with van der Waals surface area (Å²) in [4.78, 5) is 4.95. The number of hydrogen-bond donors (Lipinski definition) is 0. The van der Waals surface area contributed by atoms with E-state index in [0.29, 0.717) is 5.56 Å². The van der Waals surface area contributed by atoms with Crippen LogP contribution in [0.25, 0.3) is 11.1 Å². The second-order valence-electron chi connectivity index (χ2n) is 6.92. The van der Waals surface area contributed by atoms with Crippen molar-refractivity contribution in [2.24, 2.45) is 0 Å². The smallest absolute Gasteiger partial charge is 0.312 e. The first-order chi connectivity index (χ1) is 13.4. The molecule has 2 heterocycles. The Morgan fingerprint density at radius 1 is 1.00 bits per heavy atom. The van der Waals surface area contributed by atoms with Gasteiger partial charge in [-0.15, -0.1) is 0 Å². The van der Waals surface area contributed by atoms with Crippen LogP contribution in [0.5, 0.6) is 0 Å². The van der Waals surface area contributed by atoms with Gasteiger partial charge in [0.05, 0.1) is 11.3 Å². The molecule has 144 valence electrons. The molecular formula is C22H19F3N2S. The van der Waals surface area contributed by atoms with Crippen molar-refractivity contribution in [3.05, 3.63) is 77.6 Å². The molecule has 0 amide bonds. The predicted octanol–water partition coefficient (Wildman–Crippen LogP) is 6.54. The average molecular weight is 400 g/mol. The van der Waals surface area contributed by atoms with Gasteiger partial charge in [0.25, 0.3) is 0 Å². The first-order valence-electron chi connectivity index (χ1n) is 9.08. The highest BCUT2D eigenvalue weighted by molar-refractivity contribution is 8.00. The van der Waals surface area contributed by atoms with E-state index in [1.807, 2.05) is 24.3 Å². The molecule has 1 aliphatic rings. The van der Waals surface area contributed by atoms with Gasteiger partial charge in [0.15, 0.2) is 0 Å². The van der Waals surface area contributed by atoms with E-state index in [-0.39, 0.29) is 0 Å². The molecule has 6 heteroatoms. The summed E-state index contributed by atoms with van der Waals surface area (Å²) in [7, 11) is 0. The standard InChI is InChI=1S/C22H19F3N2S/c1-15-4-2-6-20(10-15)28-27-9-3-5-16-7-8-17(12-21(16)27)18-11-19(14-26-13-18)22(23,24)25/h2,4,6-8,10-14H,3,5,9H2,1H3. The van der Waals surface area contributed by atoms with Crippen LogP contribution in [0.3, 0.4) is 0 Å². The van der Waals surface area contributed by atoms with E-state index in [4.69, 9.17) is 0 Å². The summed E-state index contributed by atoms with van der Waals surface area (Å²) in [5.41, 5.74) is 3.97. The first-order valence-corrected chi connectivity index (χ1v) is 9.85. The minimum absolute atomic E-state index is 0.476. The number of anilines is 1. The molecule has 2 nitrogen and oxygen atoms in total. The van der Waals surface area contributed by atoms with Crippen molar-refractivity contribution in [3.8, 4) is 11.1 Å². The minimum atomic E-state index is -4.40. The van der Waals surface area contributed by atoms with Gasteiger partial charge in [-0.3, -0.25) is 4.98 Å². The number of rotatable bonds is 3. The van der Waals surface area contributed by atoms with Gasteiger partial charge in [0, 0.05) is 29.4 Å². The molecule has 4 rings (SSSR count). The van der Waals surface area contributed by atoms with Crippen molar-refractivity contribution in [1.82, 2.24) is 4.98 Å². The number of alkyl halides is 3. The number of aromatic nitrogens is 1. The van der Waals surface area contributed by atoms with Crippen molar-refractivity contribution >= 4 is 17.6 Å². The Morgan fingerprint density at radius 2 is 1.86 bits per heavy atom. The molecule has 0 N–H and O–H groups in total. The third kappa shape index (κ3) is 4.02. The third-order valence-corrected chi connectivity index (χ3v) is 5.83. The Kier molecular flexibility index (Phi) is 5.06. The van der Waals surface area contributed by atoms with Crippen LogP contribution < -0.4 is 4.31 Å². The zero-order valence-electron chi connectivity index (χ0n) is 15.3. The fraction of sp³-hybridized carbons (Fsp3) is 0.227. The zero-order valence-corrected chi connectivity index (χ0v) is 16.1. The van der Waals surface area contributed by atoms with Crippen LogP contribution in [0, 0.1) is 6.92 Å². The average Bonchev–Trinajstić information content (AvgIpc) is 2.67. The summed E-state index contributed by atoms with van der Waals surface area (Å²) in [6, 6.07) is 15.4. The molecule has 1 aliphatic heterocycles. The van der Waals surface area contributed by atoms with Crippen molar-refractivity contribution < 1.29 is 13.2 Å². The van der Waals surface area contributed by atoms with Gasteiger partial charge in [-0.1, -0.05) is 24.3 Å². The Bertz CT molecular complexity index is 1000. The maximum Gasteiger partial charge on any atom is 0.417 e. The minimum Gasteiger partial charge on any atom is -0.312 e. The molecule has 0 saturated heterocycles. The lowest BCUT2D eigenvalue weighted by molar-refractivity contribution is -0.137. The fourth-order valence-corrected chi connectivity index (χ4v) is 4.49. The van der Waals surface area contributed by atoms with E-state index in [0.717, 1.165) is 47.8 Å². The number of nitrogens with zero attached hydrogens (tertiary/aromatic N) is 2. The number of halogens is 3. The molecule has 2 aromatic carbocycles. The van der Waals surface area contributed by atoms with Gasteiger partial charge in [0.2, 0.25) is 0 Å². The maximum absolute atomic E-state index is 13.0. The van der Waals surface area contributed by atoms with Crippen LogP contribution in [0.2, 0.25) is 0 Å². The summed E-state index contributed by atoms with van der Waals surface area (Å²) in [5, 5.41) is 0. The Morgan fingerprint density at radius 3 is 2.64 bits per heavy atom. The lowest BCUT2D eigenvalue weighted by Gasteiger charge is -2.30. The fourth-order valence-electron chi connectivity index (χ4n) is 3.37. The topological polar surface area (TPSA) is 16.1 Å². The van der Waals surface area contributed by atoms with Crippen LogP contribution in [-0.2, 0) is 12.6 Å². The Hall–Kier alpha value is -2.47. The molecule has 0 radical (unpaired) electrons. The van der Waals surface area contributed by atoms with Gasteiger partial charge >= 0.3 is 6.18 Å². The number of benzene rings is 2. The lowest BCUT2D eigenvalue weighted by atomic mass is 9.98. The van der Waals surface area contributed by atoms with Crippen LogP contribution in [0.15, 0.2) is 65.8 Å². The molecule has 0 saturated carbocycles. The van der Waals surface area contributed by atoms with E-state index in [9.17, 15) is 13.2 Å². The molecule has 0 aliphatic carbocycles. The van der Waals surface area contributed by atoms with E-state index < -0.39 is 11.7 Å². The van der Waals surface area contributed by atoms with Gasteiger partial charge < -0.3 is 4.31 Å². The second kappa shape index (κ2) is 7.51. The quantitative estimate of drug-likeness (QED) is 0.465. The monoisotopic (exact) mass is 400 g/mol. The second-order valence-corrected chi connectivity index (χ2v) is 8.01. The van der Waals surface area contributed by atoms with E-state index >= 15 is 0 Å². The summed E-state index contributed by atoms with van der Waals surface area (Å²) in [6.45, 7) is 2.96. The normalized spacial score (nSPS) is 14.1. The van der Waals surface area contributed by atoms with E-state index in [1.54, 1.807) is 11.9 Å². The number of hydrogen-bond acceptors (Lipinski definition) is 3. The highest BCUT2D eigenvalue weighted by atomic mass is 32.2.